The number of piperidine rings is 1. The van der Waals surface area contributed by atoms with Gasteiger partial charge in [-0.2, -0.15) is 0 Å². The first-order valence-electron chi connectivity index (χ1n) is 10.5. The summed E-state index contributed by atoms with van der Waals surface area (Å²) in [7, 11) is -3.24. The molecule has 1 amide bonds. The van der Waals surface area contributed by atoms with Crippen molar-refractivity contribution in [2.45, 2.75) is 25.3 Å². The number of benzene rings is 2. The van der Waals surface area contributed by atoms with E-state index in [0.29, 0.717) is 12.5 Å². The van der Waals surface area contributed by atoms with Gasteiger partial charge in [-0.1, -0.05) is 48.5 Å². The first-order chi connectivity index (χ1) is 14.5. The molecule has 0 unspecified atom stereocenters. The first-order valence-corrected chi connectivity index (χ1v) is 12.3. The average Bonchev–Trinajstić information content (AvgIpc) is 3.10. The second-order valence-electron chi connectivity index (χ2n) is 8.23. The van der Waals surface area contributed by atoms with E-state index in [1.807, 2.05) is 36.4 Å². The number of rotatable bonds is 6. The van der Waals surface area contributed by atoms with Crippen LogP contribution in [0.2, 0.25) is 0 Å². The van der Waals surface area contributed by atoms with Gasteiger partial charge in [0.2, 0.25) is 5.91 Å². The summed E-state index contributed by atoms with van der Waals surface area (Å²) >= 11 is 0. The van der Waals surface area contributed by atoms with E-state index in [9.17, 15) is 13.2 Å². The van der Waals surface area contributed by atoms with Gasteiger partial charge in [0.05, 0.1) is 18.3 Å². The molecule has 30 heavy (non-hydrogen) atoms. The number of carbonyl (C=O) groups excluding carboxylic acids is 1. The molecule has 0 aliphatic carbocycles. The standard InChI is InChI=1S/C24H28N2O3S/c27-24(18-25-14-11-21(12-15-25)17-20-7-3-1-4-8-20)26(22-9-5-2-6-10-22)23-13-16-30(28,29)19-23/h1-10,13,16,21,23H,11-12,14-15,17-19H2/t23-/m0/s1. The maximum Gasteiger partial charge on any atom is 0.241 e. The van der Waals surface area contributed by atoms with Crippen molar-refractivity contribution < 1.29 is 13.2 Å². The lowest BCUT2D eigenvalue weighted by Crippen LogP contribution is -2.48. The molecule has 1 fully saturated rings. The number of sulfone groups is 1. The van der Waals surface area contributed by atoms with Crippen LogP contribution < -0.4 is 4.90 Å². The molecule has 0 saturated carbocycles. The van der Waals surface area contributed by atoms with Gasteiger partial charge in [-0.15, -0.1) is 0 Å². The Bertz CT molecular complexity index is 982. The molecule has 0 radical (unpaired) electrons. The second kappa shape index (κ2) is 9.14. The van der Waals surface area contributed by atoms with Gasteiger partial charge >= 0.3 is 0 Å². The SMILES string of the molecule is O=C(CN1CCC(Cc2ccccc2)CC1)N(c1ccccc1)[C@H]1C=CS(=O)(=O)C1. The summed E-state index contributed by atoms with van der Waals surface area (Å²) in [5.41, 5.74) is 2.12. The van der Waals surface area contributed by atoms with Crippen molar-refractivity contribution in [2.24, 2.45) is 5.92 Å². The third-order valence-corrected chi connectivity index (χ3v) is 7.36. The summed E-state index contributed by atoms with van der Waals surface area (Å²) in [6, 6.07) is 19.5. The molecule has 2 heterocycles. The second-order valence-corrected chi connectivity index (χ2v) is 10.2. The number of carbonyl (C=O) groups is 1. The van der Waals surface area contributed by atoms with Crippen LogP contribution in [0.5, 0.6) is 0 Å². The predicted octanol–water partition coefficient (Wildman–Crippen LogP) is 3.29. The van der Waals surface area contributed by atoms with Crippen molar-refractivity contribution in [3.63, 3.8) is 0 Å². The van der Waals surface area contributed by atoms with Gasteiger partial charge in [0.1, 0.15) is 0 Å². The molecule has 0 aromatic heterocycles. The molecular formula is C24H28N2O3S. The lowest BCUT2D eigenvalue weighted by Gasteiger charge is -2.34. The molecule has 2 aromatic rings. The third kappa shape index (κ3) is 5.18. The zero-order valence-electron chi connectivity index (χ0n) is 17.1. The van der Waals surface area contributed by atoms with Crippen LogP contribution in [-0.4, -0.2) is 50.7 Å². The van der Waals surface area contributed by atoms with Crippen molar-refractivity contribution in [1.29, 1.82) is 0 Å². The highest BCUT2D eigenvalue weighted by Crippen LogP contribution is 2.25. The predicted molar refractivity (Wildman–Crippen MR) is 120 cm³/mol. The molecule has 158 valence electrons. The Kier molecular flexibility index (Phi) is 6.35. The highest BCUT2D eigenvalue weighted by atomic mass is 32.2. The molecule has 0 N–H and O–H groups in total. The first kappa shape index (κ1) is 20.8. The zero-order valence-corrected chi connectivity index (χ0v) is 17.9. The lowest BCUT2D eigenvalue weighted by atomic mass is 9.90. The van der Waals surface area contributed by atoms with E-state index in [-0.39, 0.29) is 11.7 Å². The number of amides is 1. The van der Waals surface area contributed by atoms with Crippen LogP contribution in [0.1, 0.15) is 18.4 Å². The van der Waals surface area contributed by atoms with E-state index in [1.165, 1.54) is 11.0 Å². The van der Waals surface area contributed by atoms with Gasteiger partial charge in [-0.05, 0) is 62.0 Å². The number of likely N-dealkylation sites (tertiary alicyclic amines) is 1. The number of nitrogens with zero attached hydrogens (tertiary/aromatic N) is 2. The summed E-state index contributed by atoms with van der Waals surface area (Å²) < 4.78 is 23.9. The van der Waals surface area contributed by atoms with Crippen molar-refractivity contribution >= 4 is 21.4 Å². The Morgan fingerprint density at radius 3 is 2.20 bits per heavy atom. The fourth-order valence-electron chi connectivity index (χ4n) is 4.39. The van der Waals surface area contributed by atoms with Crippen molar-refractivity contribution in [2.75, 3.05) is 30.3 Å². The van der Waals surface area contributed by atoms with Crippen LogP contribution in [-0.2, 0) is 21.1 Å². The van der Waals surface area contributed by atoms with E-state index in [4.69, 9.17) is 0 Å². The van der Waals surface area contributed by atoms with Gasteiger partial charge in [-0.3, -0.25) is 9.69 Å². The van der Waals surface area contributed by atoms with Crippen LogP contribution in [0, 0.1) is 5.92 Å². The maximum absolute atomic E-state index is 13.2. The van der Waals surface area contributed by atoms with E-state index >= 15 is 0 Å². The molecule has 1 atom stereocenters. The largest absolute Gasteiger partial charge is 0.303 e. The summed E-state index contributed by atoms with van der Waals surface area (Å²) in [4.78, 5) is 17.1. The van der Waals surface area contributed by atoms with E-state index in [2.05, 4.69) is 29.2 Å². The van der Waals surface area contributed by atoms with Gasteiger partial charge in [-0.25, -0.2) is 8.42 Å². The van der Waals surface area contributed by atoms with Crippen LogP contribution in [0.15, 0.2) is 72.1 Å². The molecule has 4 rings (SSSR count). The highest BCUT2D eigenvalue weighted by molar-refractivity contribution is 7.94. The molecule has 6 heteroatoms. The maximum atomic E-state index is 13.2. The molecule has 2 aliphatic heterocycles. The number of para-hydroxylation sites is 1. The number of hydrogen-bond acceptors (Lipinski definition) is 4. The van der Waals surface area contributed by atoms with E-state index < -0.39 is 15.9 Å². The lowest BCUT2D eigenvalue weighted by molar-refractivity contribution is -0.120. The Balaban J connectivity index is 1.38. The van der Waals surface area contributed by atoms with Gasteiger partial charge in [0, 0.05) is 11.1 Å². The van der Waals surface area contributed by atoms with Gasteiger partial charge < -0.3 is 4.90 Å². The molecular weight excluding hydrogens is 396 g/mol. The molecule has 0 spiro atoms. The Morgan fingerprint density at radius 2 is 1.60 bits per heavy atom. The monoisotopic (exact) mass is 424 g/mol. The zero-order chi connectivity index (χ0) is 21.0. The number of hydrogen-bond donors (Lipinski definition) is 0. The normalized spacial score (nSPS) is 21.5. The van der Waals surface area contributed by atoms with Crippen LogP contribution in [0.4, 0.5) is 5.69 Å². The summed E-state index contributed by atoms with van der Waals surface area (Å²) in [6.45, 7) is 2.10. The van der Waals surface area contributed by atoms with Crippen molar-refractivity contribution in [1.82, 2.24) is 4.90 Å². The van der Waals surface area contributed by atoms with E-state index in [1.54, 1.807) is 11.0 Å². The summed E-state index contributed by atoms with van der Waals surface area (Å²) in [5.74, 6) is 0.550. The third-order valence-electron chi connectivity index (χ3n) is 5.98. The minimum atomic E-state index is -3.24. The smallest absolute Gasteiger partial charge is 0.241 e. The van der Waals surface area contributed by atoms with Crippen LogP contribution in [0.3, 0.4) is 0 Å². The fourth-order valence-corrected chi connectivity index (χ4v) is 5.66. The van der Waals surface area contributed by atoms with Crippen LogP contribution in [0.25, 0.3) is 0 Å². The minimum absolute atomic E-state index is 0.0468. The quantitative estimate of drug-likeness (QED) is 0.714. The van der Waals surface area contributed by atoms with Crippen LogP contribution >= 0.6 is 0 Å². The Morgan fingerprint density at radius 1 is 0.967 bits per heavy atom. The van der Waals surface area contributed by atoms with Crippen molar-refractivity contribution in [3.8, 4) is 0 Å². The minimum Gasteiger partial charge on any atom is -0.303 e. The Labute approximate surface area is 178 Å². The molecule has 2 aromatic carbocycles. The number of anilines is 1. The molecule has 2 aliphatic rings. The molecule has 0 bridgehead atoms. The van der Waals surface area contributed by atoms with E-state index in [0.717, 1.165) is 38.0 Å². The van der Waals surface area contributed by atoms with Gasteiger partial charge in [0.15, 0.2) is 9.84 Å². The highest BCUT2D eigenvalue weighted by Gasteiger charge is 2.32. The summed E-state index contributed by atoms with van der Waals surface area (Å²) in [6.07, 6.45) is 4.87. The molecule has 5 nitrogen and oxygen atoms in total. The Hall–Kier alpha value is -2.44. The van der Waals surface area contributed by atoms with Crippen molar-refractivity contribution in [3.05, 3.63) is 77.7 Å². The topological polar surface area (TPSA) is 57.7 Å². The molecule has 1 saturated heterocycles. The fraction of sp³-hybridized carbons (Fsp3) is 0.375. The average molecular weight is 425 g/mol. The van der Waals surface area contributed by atoms with Gasteiger partial charge in [0.25, 0.3) is 0 Å². The summed E-state index contributed by atoms with van der Waals surface area (Å²) in [5, 5.41) is 1.23.